The molecular weight excluding hydrogens is 466 g/mol. The van der Waals surface area contributed by atoms with Crippen LogP contribution in [0.25, 0.3) is 10.2 Å². The van der Waals surface area contributed by atoms with E-state index in [1.165, 1.54) is 11.3 Å². The van der Waals surface area contributed by atoms with Crippen molar-refractivity contribution in [2.24, 2.45) is 0 Å². The molecule has 2 aromatic carbocycles. The van der Waals surface area contributed by atoms with Crippen LogP contribution in [-0.2, 0) is 6.54 Å². The van der Waals surface area contributed by atoms with E-state index < -0.39 is 0 Å². The van der Waals surface area contributed by atoms with Crippen molar-refractivity contribution in [2.75, 3.05) is 18.1 Å². The summed E-state index contributed by atoms with van der Waals surface area (Å²) in [6.45, 7) is 1.29. The van der Waals surface area contributed by atoms with E-state index in [9.17, 15) is 4.79 Å². The number of hydrogen-bond acceptors (Lipinski definition) is 6. The second-order valence-electron chi connectivity index (χ2n) is 6.68. The van der Waals surface area contributed by atoms with Crippen molar-refractivity contribution in [1.29, 1.82) is 0 Å². The van der Waals surface area contributed by atoms with E-state index in [4.69, 9.17) is 14.5 Å². The Morgan fingerprint density at radius 2 is 1.93 bits per heavy atom. The first-order valence-electron chi connectivity index (χ1n) is 9.35. The van der Waals surface area contributed by atoms with Crippen LogP contribution in [0, 0.1) is 0 Å². The number of carbonyl (C=O) groups excluding carboxylic acids is 1. The summed E-state index contributed by atoms with van der Waals surface area (Å²) >= 11 is 4.97. The Balaban J connectivity index is 1.55. The summed E-state index contributed by atoms with van der Waals surface area (Å²) < 4.78 is 13.2. The number of halogens is 1. The highest BCUT2D eigenvalue weighted by molar-refractivity contribution is 9.10. The van der Waals surface area contributed by atoms with Gasteiger partial charge in [0.2, 0.25) is 0 Å². The average molecular weight is 482 g/mol. The molecule has 4 aromatic rings. The number of nitrogens with zero attached hydrogens (tertiary/aromatic N) is 3. The van der Waals surface area contributed by atoms with Crippen LogP contribution in [0.3, 0.4) is 0 Å². The van der Waals surface area contributed by atoms with Crippen molar-refractivity contribution in [2.45, 2.75) is 6.54 Å². The largest absolute Gasteiger partial charge is 0.486 e. The maximum absolute atomic E-state index is 13.5. The Morgan fingerprint density at radius 3 is 2.77 bits per heavy atom. The zero-order chi connectivity index (χ0) is 20.5. The highest BCUT2D eigenvalue weighted by atomic mass is 79.9. The van der Waals surface area contributed by atoms with E-state index in [0.717, 1.165) is 20.4 Å². The molecule has 150 valence electrons. The number of anilines is 1. The Kier molecular flexibility index (Phi) is 5.10. The van der Waals surface area contributed by atoms with E-state index >= 15 is 0 Å². The van der Waals surface area contributed by atoms with Gasteiger partial charge in [-0.05, 0) is 48.5 Å². The molecule has 2 aromatic heterocycles. The first-order valence-corrected chi connectivity index (χ1v) is 11.0. The molecule has 0 unspecified atom stereocenters. The Hall–Kier alpha value is -2.97. The van der Waals surface area contributed by atoms with Gasteiger partial charge in [-0.25, -0.2) is 4.98 Å². The molecule has 0 spiro atoms. The number of ether oxygens (including phenoxy) is 2. The number of benzene rings is 2. The molecule has 1 aliphatic rings. The molecule has 0 N–H and O–H groups in total. The third kappa shape index (κ3) is 3.76. The van der Waals surface area contributed by atoms with E-state index in [1.807, 2.05) is 36.4 Å². The third-order valence-corrected chi connectivity index (χ3v) is 6.19. The van der Waals surface area contributed by atoms with Crippen molar-refractivity contribution >= 4 is 48.5 Å². The van der Waals surface area contributed by atoms with Crippen LogP contribution < -0.4 is 14.4 Å². The molecule has 8 heteroatoms. The molecule has 0 radical (unpaired) electrons. The van der Waals surface area contributed by atoms with E-state index in [2.05, 4.69) is 20.9 Å². The summed E-state index contributed by atoms with van der Waals surface area (Å²) in [7, 11) is 0. The van der Waals surface area contributed by atoms with Gasteiger partial charge < -0.3 is 9.47 Å². The van der Waals surface area contributed by atoms with Gasteiger partial charge in [-0.1, -0.05) is 33.3 Å². The number of amides is 1. The predicted molar refractivity (Wildman–Crippen MR) is 120 cm³/mol. The lowest BCUT2D eigenvalue weighted by Gasteiger charge is -2.22. The van der Waals surface area contributed by atoms with Crippen molar-refractivity contribution in [3.05, 3.63) is 76.5 Å². The first-order chi connectivity index (χ1) is 14.7. The van der Waals surface area contributed by atoms with Crippen LogP contribution in [0.5, 0.6) is 11.5 Å². The van der Waals surface area contributed by atoms with Gasteiger partial charge in [-0.3, -0.25) is 14.7 Å². The van der Waals surface area contributed by atoms with Crippen LogP contribution in [0.2, 0.25) is 0 Å². The molecule has 0 atom stereocenters. The molecule has 5 rings (SSSR count). The number of thiazole rings is 1. The van der Waals surface area contributed by atoms with Gasteiger partial charge in [0, 0.05) is 16.2 Å². The first kappa shape index (κ1) is 19.0. The molecule has 0 saturated carbocycles. The third-order valence-electron chi connectivity index (χ3n) is 4.65. The number of aromatic nitrogens is 2. The number of carbonyl (C=O) groups is 1. The van der Waals surface area contributed by atoms with Gasteiger partial charge >= 0.3 is 0 Å². The molecule has 0 saturated heterocycles. The molecule has 0 aliphatic carbocycles. The van der Waals surface area contributed by atoms with Crippen LogP contribution >= 0.6 is 27.3 Å². The van der Waals surface area contributed by atoms with Gasteiger partial charge in [-0.15, -0.1) is 0 Å². The van der Waals surface area contributed by atoms with Gasteiger partial charge in [0.25, 0.3) is 5.91 Å². The summed E-state index contributed by atoms with van der Waals surface area (Å²) in [5.74, 6) is 1.06. The molecule has 0 fully saturated rings. The van der Waals surface area contributed by atoms with Gasteiger partial charge in [0.05, 0.1) is 22.5 Å². The number of rotatable bonds is 4. The SMILES string of the molecule is O=C(c1ccc2c(c1)OCCO2)N(Cc1ccccn1)c1nc2ccc(Br)cc2s1. The second kappa shape index (κ2) is 8.04. The van der Waals surface area contributed by atoms with Crippen molar-refractivity contribution < 1.29 is 14.3 Å². The van der Waals surface area contributed by atoms with Crippen LogP contribution in [0.4, 0.5) is 5.13 Å². The minimum Gasteiger partial charge on any atom is -0.486 e. The lowest BCUT2D eigenvalue weighted by Crippen LogP contribution is -2.31. The van der Waals surface area contributed by atoms with Crippen LogP contribution in [0.15, 0.2) is 65.3 Å². The maximum Gasteiger partial charge on any atom is 0.260 e. The molecular formula is C22H16BrN3O3S. The standard InChI is InChI=1S/C22H16BrN3O3S/c23-15-5-6-17-20(12-15)30-22(25-17)26(13-16-3-1-2-8-24-16)21(27)14-4-7-18-19(11-14)29-10-9-28-18/h1-8,11-12H,9-10,13H2. The summed E-state index contributed by atoms with van der Waals surface area (Å²) in [4.78, 5) is 24.3. The van der Waals surface area contributed by atoms with E-state index in [0.29, 0.717) is 42.0 Å². The minimum absolute atomic E-state index is 0.171. The van der Waals surface area contributed by atoms with Crippen molar-refractivity contribution in [3.63, 3.8) is 0 Å². The van der Waals surface area contributed by atoms with Gasteiger partial charge in [0.1, 0.15) is 13.2 Å². The highest BCUT2D eigenvalue weighted by Gasteiger charge is 2.24. The smallest absolute Gasteiger partial charge is 0.260 e. The van der Waals surface area contributed by atoms with Gasteiger partial charge in [-0.2, -0.15) is 0 Å². The molecule has 3 heterocycles. The Bertz CT molecular complexity index is 1230. The Labute approximate surface area is 185 Å². The van der Waals surface area contributed by atoms with E-state index in [-0.39, 0.29) is 5.91 Å². The second-order valence-corrected chi connectivity index (χ2v) is 8.60. The predicted octanol–water partition coefficient (Wildman–Crippen LogP) is 5.07. The summed E-state index contributed by atoms with van der Waals surface area (Å²) in [5.41, 5.74) is 2.14. The average Bonchev–Trinajstić information content (AvgIpc) is 3.20. The van der Waals surface area contributed by atoms with Crippen molar-refractivity contribution in [1.82, 2.24) is 9.97 Å². The summed E-state index contributed by atoms with van der Waals surface area (Å²) in [6.07, 6.45) is 1.72. The van der Waals surface area contributed by atoms with Gasteiger partial charge in [0.15, 0.2) is 16.6 Å². The normalized spacial score (nSPS) is 12.7. The fourth-order valence-corrected chi connectivity index (χ4v) is 4.73. The molecule has 6 nitrogen and oxygen atoms in total. The topological polar surface area (TPSA) is 64.6 Å². The zero-order valence-corrected chi connectivity index (χ0v) is 18.1. The Morgan fingerprint density at radius 1 is 1.07 bits per heavy atom. The van der Waals surface area contributed by atoms with Crippen molar-refractivity contribution in [3.8, 4) is 11.5 Å². The molecule has 1 aliphatic heterocycles. The molecule has 30 heavy (non-hydrogen) atoms. The highest BCUT2D eigenvalue weighted by Crippen LogP contribution is 2.34. The minimum atomic E-state index is -0.171. The zero-order valence-electron chi connectivity index (χ0n) is 15.7. The summed E-state index contributed by atoms with van der Waals surface area (Å²) in [6, 6.07) is 16.8. The van der Waals surface area contributed by atoms with Crippen LogP contribution in [-0.4, -0.2) is 29.1 Å². The molecule has 1 amide bonds. The van der Waals surface area contributed by atoms with Crippen LogP contribution in [0.1, 0.15) is 16.1 Å². The van der Waals surface area contributed by atoms with E-state index in [1.54, 1.807) is 29.3 Å². The number of hydrogen-bond donors (Lipinski definition) is 0. The number of pyridine rings is 1. The fourth-order valence-electron chi connectivity index (χ4n) is 3.21. The lowest BCUT2D eigenvalue weighted by molar-refractivity contribution is 0.0983. The fraction of sp³-hybridized carbons (Fsp3) is 0.136. The summed E-state index contributed by atoms with van der Waals surface area (Å²) in [5, 5.41) is 0.619. The monoisotopic (exact) mass is 481 g/mol. The molecule has 0 bridgehead atoms. The quantitative estimate of drug-likeness (QED) is 0.407. The number of fused-ring (bicyclic) bond motifs is 2. The maximum atomic E-state index is 13.5. The lowest BCUT2D eigenvalue weighted by atomic mass is 10.1.